The molecule has 6 heteroatoms. The van der Waals surface area contributed by atoms with Gasteiger partial charge >= 0.3 is 5.97 Å². The van der Waals surface area contributed by atoms with E-state index in [1.54, 1.807) is 14.2 Å². The molecule has 0 aliphatic heterocycles. The molecule has 0 aromatic heterocycles. The van der Waals surface area contributed by atoms with E-state index in [4.69, 9.17) is 26.2 Å². The molecule has 0 atom stereocenters. The third-order valence-corrected chi connectivity index (χ3v) is 5.16. The molecule has 32 heavy (non-hydrogen) atoms. The van der Waals surface area contributed by atoms with Crippen LogP contribution in [-0.4, -0.2) is 30.5 Å². The summed E-state index contributed by atoms with van der Waals surface area (Å²) in [5, 5.41) is 12.5. The second kappa shape index (κ2) is 10.6. The number of benzene rings is 4. The first-order valence-electron chi connectivity index (χ1n) is 9.92. The molecule has 0 fully saturated rings. The van der Waals surface area contributed by atoms with Crippen LogP contribution in [0.25, 0.3) is 21.5 Å². The zero-order valence-corrected chi connectivity index (χ0v) is 18.6. The van der Waals surface area contributed by atoms with Gasteiger partial charge in [-0.3, -0.25) is 9.59 Å². The Morgan fingerprint density at radius 1 is 0.750 bits per heavy atom. The smallest absolute Gasteiger partial charge is 0.307 e. The zero-order valence-electron chi connectivity index (χ0n) is 17.8. The fourth-order valence-electron chi connectivity index (χ4n) is 3.51. The molecule has 0 amide bonds. The SMILES string of the molecule is COc1ccc2cccc(CC(=O)Cl)c2c1.COc1ccc2cccc(CC(=O)O)c2c1. The standard InChI is InChI=1S/C13H11ClO2.C13H12O3/c2*1-16-11-6-5-9-3-2-4-10(7-13(14)15)12(9)8-11/h2-6,8H,7H2,1H3;2-6,8H,7H2,1H3,(H,14,15). The maximum absolute atomic E-state index is 10.9. The lowest BCUT2D eigenvalue weighted by molar-refractivity contribution is -0.136. The van der Waals surface area contributed by atoms with E-state index in [2.05, 4.69) is 0 Å². The number of ether oxygens (including phenoxy) is 2. The van der Waals surface area contributed by atoms with Crippen molar-refractivity contribution in [2.24, 2.45) is 0 Å². The number of aliphatic carboxylic acids is 1. The highest BCUT2D eigenvalue weighted by molar-refractivity contribution is 6.63. The van der Waals surface area contributed by atoms with Crippen molar-refractivity contribution in [2.45, 2.75) is 12.8 Å². The van der Waals surface area contributed by atoms with Gasteiger partial charge in [0, 0.05) is 6.42 Å². The molecule has 0 spiro atoms. The minimum atomic E-state index is -0.824. The third-order valence-electron chi connectivity index (χ3n) is 5.03. The van der Waals surface area contributed by atoms with E-state index in [1.165, 1.54) is 0 Å². The van der Waals surface area contributed by atoms with Gasteiger partial charge in [-0.15, -0.1) is 0 Å². The zero-order chi connectivity index (χ0) is 23.1. The Hall–Kier alpha value is -3.57. The van der Waals surface area contributed by atoms with Crippen LogP contribution in [0, 0.1) is 0 Å². The number of methoxy groups -OCH3 is 2. The van der Waals surface area contributed by atoms with Crippen LogP contribution in [0.4, 0.5) is 0 Å². The average Bonchev–Trinajstić information content (AvgIpc) is 2.79. The van der Waals surface area contributed by atoms with Gasteiger partial charge in [0.05, 0.1) is 20.6 Å². The van der Waals surface area contributed by atoms with Crippen molar-refractivity contribution in [3.8, 4) is 11.5 Å². The molecule has 4 aromatic carbocycles. The molecule has 0 saturated carbocycles. The molecular formula is C26H23ClO5. The highest BCUT2D eigenvalue weighted by atomic mass is 35.5. The van der Waals surface area contributed by atoms with Gasteiger partial charge in [0.15, 0.2) is 0 Å². The number of carbonyl (C=O) groups excluding carboxylic acids is 1. The van der Waals surface area contributed by atoms with Crippen LogP contribution in [0.1, 0.15) is 11.1 Å². The lowest BCUT2D eigenvalue weighted by Crippen LogP contribution is -2.00. The number of carboxylic acid groups (broad SMARTS) is 1. The summed E-state index contributed by atoms with van der Waals surface area (Å²) in [4.78, 5) is 21.7. The Balaban J connectivity index is 0.000000181. The summed E-state index contributed by atoms with van der Waals surface area (Å²) in [7, 11) is 3.22. The summed E-state index contributed by atoms with van der Waals surface area (Å²) >= 11 is 5.42. The molecular weight excluding hydrogens is 428 g/mol. The Bertz CT molecular complexity index is 1170. The Kier molecular flexibility index (Phi) is 7.68. The van der Waals surface area contributed by atoms with Gasteiger partial charge < -0.3 is 14.6 Å². The molecule has 0 radical (unpaired) electrons. The van der Waals surface area contributed by atoms with E-state index in [0.29, 0.717) is 0 Å². The molecule has 0 aliphatic rings. The first kappa shape index (κ1) is 23.1. The van der Waals surface area contributed by atoms with E-state index in [1.807, 2.05) is 72.8 Å². The minimum absolute atomic E-state index is 0.0322. The van der Waals surface area contributed by atoms with Gasteiger partial charge in [0.2, 0.25) is 5.24 Å². The van der Waals surface area contributed by atoms with Gasteiger partial charge in [-0.25, -0.2) is 0 Å². The number of hydrogen-bond acceptors (Lipinski definition) is 4. The van der Waals surface area contributed by atoms with Crippen LogP contribution in [0.15, 0.2) is 72.8 Å². The lowest BCUT2D eigenvalue weighted by atomic mass is 10.0. The maximum Gasteiger partial charge on any atom is 0.307 e. The second-order valence-corrected chi connectivity index (χ2v) is 7.53. The highest BCUT2D eigenvalue weighted by Gasteiger charge is 2.07. The van der Waals surface area contributed by atoms with E-state index in [9.17, 15) is 9.59 Å². The summed E-state index contributed by atoms with van der Waals surface area (Å²) in [5.74, 6) is 0.697. The first-order chi connectivity index (χ1) is 15.4. The van der Waals surface area contributed by atoms with Crippen LogP contribution >= 0.6 is 11.6 Å². The van der Waals surface area contributed by atoms with Gasteiger partial charge in [0.1, 0.15) is 11.5 Å². The van der Waals surface area contributed by atoms with Crippen molar-refractivity contribution in [1.82, 2.24) is 0 Å². The maximum atomic E-state index is 10.9. The van der Waals surface area contributed by atoms with Crippen molar-refractivity contribution >= 4 is 44.4 Å². The number of carboxylic acids is 1. The third kappa shape index (κ3) is 5.77. The van der Waals surface area contributed by atoms with Crippen molar-refractivity contribution in [3.63, 3.8) is 0 Å². The van der Waals surface area contributed by atoms with Gasteiger partial charge in [-0.2, -0.15) is 0 Å². The van der Waals surface area contributed by atoms with Crippen LogP contribution in [0.5, 0.6) is 11.5 Å². The highest BCUT2D eigenvalue weighted by Crippen LogP contribution is 2.25. The quantitative estimate of drug-likeness (QED) is 0.385. The van der Waals surface area contributed by atoms with E-state index in [-0.39, 0.29) is 18.1 Å². The largest absolute Gasteiger partial charge is 0.497 e. The fourth-order valence-corrected chi connectivity index (χ4v) is 3.65. The molecule has 5 nitrogen and oxygen atoms in total. The van der Waals surface area contributed by atoms with E-state index >= 15 is 0 Å². The van der Waals surface area contributed by atoms with Gasteiger partial charge in [0.25, 0.3) is 0 Å². The van der Waals surface area contributed by atoms with E-state index < -0.39 is 5.97 Å². The van der Waals surface area contributed by atoms with Crippen LogP contribution in [0.3, 0.4) is 0 Å². The molecule has 0 heterocycles. The second-order valence-electron chi connectivity index (χ2n) is 7.11. The summed E-state index contributed by atoms with van der Waals surface area (Å²) in [5.41, 5.74) is 1.74. The predicted octanol–water partition coefficient (Wildman–Crippen LogP) is 5.63. The normalized spacial score (nSPS) is 10.3. The van der Waals surface area contributed by atoms with Crippen LogP contribution in [-0.2, 0) is 22.4 Å². The molecule has 4 aromatic rings. The predicted molar refractivity (Wildman–Crippen MR) is 127 cm³/mol. The first-order valence-corrected chi connectivity index (χ1v) is 10.3. The molecule has 0 saturated heterocycles. The minimum Gasteiger partial charge on any atom is -0.497 e. The Morgan fingerprint density at radius 2 is 1.22 bits per heavy atom. The topological polar surface area (TPSA) is 72.8 Å². The summed E-state index contributed by atoms with van der Waals surface area (Å²) in [6.07, 6.45) is 0.274. The van der Waals surface area contributed by atoms with Crippen LogP contribution in [0.2, 0.25) is 0 Å². The molecule has 0 aliphatic carbocycles. The number of carbonyl (C=O) groups is 2. The number of rotatable bonds is 6. The molecule has 0 bridgehead atoms. The van der Waals surface area contributed by atoms with Gasteiger partial charge in [-0.05, 0) is 68.5 Å². The number of halogens is 1. The molecule has 0 unspecified atom stereocenters. The number of fused-ring (bicyclic) bond motifs is 2. The fraction of sp³-hybridized carbons (Fsp3) is 0.154. The van der Waals surface area contributed by atoms with Crippen molar-refractivity contribution < 1.29 is 24.2 Å². The van der Waals surface area contributed by atoms with Gasteiger partial charge in [-0.1, -0.05) is 48.5 Å². The number of hydrogen-bond donors (Lipinski definition) is 1. The molecule has 4 rings (SSSR count). The summed E-state index contributed by atoms with van der Waals surface area (Å²) in [6.45, 7) is 0. The molecule has 164 valence electrons. The monoisotopic (exact) mass is 450 g/mol. The van der Waals surface area contributed by atoms with Crippen molar-refractivity contribution in [3.05, 3.63) is 83.9 Å². The molecule has 1 N–H and O–H groups in total. The van der Waals surface area contributed by atoms with E-state index in [0.717, 1.165) is 44.2 Å². The van der Waals surface area contributed by atoms with Crippen molar-refractivity contribution in [2.75, 3.05) is 14.2 Å². The summed E-state index contributed by atoms with van der Waals surface area (Å²) in [6, 6.07) is 22.9. The Morgan fingerprint density at radius 3 is 1.62 bits per heavy atom. The van der Waals surface area contributed by atoms with Crippen molar-refractivity contribution in [1.29, 1.82) is 0 Å². The summed E-state index contributed by atoms with van der Waals surface area (Å²) < 4.78 is 10.3. The lowest BCUT2D eigenvalue weighted by Gasteiger charge is -2.06. The van der Waals surface area contributed by atoms with Crippen LogP contribution < -0.4 is 9.47 Å². The average molecular weight is 451 g/mol. The Labute approximate surface area is 191 Å².